The molecule has 5 nitrogen and oxygen atoms in total. The molecule has 1 aromatic carbocycles. The minimum Gasteiger partial charge on any atom is -0.379 e. The first-order valence-corrected chi connectivity index (χ1v) is 8.56. The average molecular weight is 387 g/mol. The summed E-state index contributed by atoms with van der Waals surface area (Å²) < 4.78 is 44.0. The number of hydrogen-bond acceptors (Lipinski definition) is 5. The Balaban J connectivity index is 1.71. The van der Waals surface area contributed by atoms with Crippen LogP contribution in [0.15, 0.2) is 30.3 Å². The third kappa shape index (κ3) is 5.06. The lowest BCUT2D eigenvalue weighted by Crippen LogP contribution is -2.39. The molecule has 3 rings (SSSR count). The van der Waals surface area contributed by atoms with E-state index in [1.807, 2.05) is 0 Å². The Labute approximate surface area is 154 Å². The third-order valence-electron chi connectivity index (χ3n) is 3.98. The highest BCUT2D eigenvalue weighted by atomic mass is 35.5. The summed E-state index contributed by atoms with van der Waals surface area (Å²) in [5, 5.41) is 3.32. The predicted octanol–water partition coefficient (Wildman–Crippen LogP) is 3.56. The number of nitrogens with zero attached hydrogens (tertiary/aromatic N) is 3. The van der Waals surface area contributed by atoms with E-state index >= 15 is 0 Å². The zero-order chi connectivity index (χ0) is 18.6. The van der Waals surface area contributed by atoms with Gasteiger partial charge < -0.3 is 10.1 Å². The van der Waals surface area contributed by atoms with Crippen LogP contribution >= 0.6 is 11.6 Å². The van der Waals surface area contributed by atoms with Gasteiger partial charge in [-0.25, -0.2) is 9.97 Å². The molecule has 1 fully saturated rings. The number of hydrogen-bond donors (Lipinski definition) is 1. The van der Waals surface area contributed by atoms with Crippen molar-refractivity contribution < 1.29 is 17.9 Å². The maximum Gasteiger partial charge on any atom is 0.416 e. The fourth-order valence-electron chi connectivity index (χ4n) is 2.64. The van der Waals surface area contributed by atoms with Crippen LogP contribution < -0.4 is 5.32 Å². The van der Waals surface area contributed by atoms with Gasteiger partial charge in [0.2, 0.25) is 0 Å². The van der Waals surface area contributed by atoms with E-state index in [-0.39, 0.29) is 16.5 Å². The molecule has 9 heteroatoms. The van der Waals surface area contributed by atoms with Crippen molar-refractivity contribution in [2.75, 3.05) is 44.7 Å². The van der Waals surface area contributed by atoms with Crippen molar-refractivity contribution in [3.05, 3.63) is 41.0 Å². The molecule has 0 radical (unpaired) electrons. The first-order valence-electron chi connectivity index (χ1n) is 8.18. The van der Waals surface area contributed by atoms with Crippen molar-refractivity contribution in [3.8, 4) is 11.4 Å². The van der Waals surface area contributed by atoms with E-state index < -0.39 is 11.7 Å². The monoisotopic (exact) mass is 386 g/mol. The number of ether oxygens (including phenoxy) is 1. The highest BCUT2D eigenvalue weighted by Crippen LogP contribution is 2.31. The predicted molar refractivity (Wildman–Crippen MR) is 93.2 cm³/mol. The van der Waals surface area contributed by atoms with Crippen molar-refractivity contribution in [2.24, 2.45) is 0 Å². The van der Waals surface area contributed by atoms with E-state index in [4.69, 9.17) is 16.3 Å². The second-order valence-electron chi connectivity index (χ2n) is 5.86. The molecule has 0 bridgehead atoms. The Morgan fingerprint density at radius 3 is 2.65 bits per heavy atom. The molecule has 1 N–H and O–H groups in total. The maximum absolute atomic E-state index is 12.9. The summed E-state index contributed by atoms with van der Waals surface area (Å²) >= 11 is 6.02. The molecule has 1 aliphatic heterocycles. The van der Waals surface area contributed by atoms with Crippen molar-refractivity contribution in [1.82, 2.24) is 14.9 Å². The number of halogens is 4. The van der Waals surface area contributed by atoms with Crippen LogP contribution in [0, 0.1) is 0 Å². The normalized spacial score (nSPS) is 15.8. The fraction of sp³-hybridized carbons (Fsp3) is 0.412. The van der Waals surface area contributed by atoms with Crippen LogP contribution in [0.1, 0.15) is 5.56 Å². The Bertz CT molecular complexity index is 751. The van der Waals surface area contributed by atoms with E-state index in [1.54, 1.807) is 6.07 Å². The van der Waals surface area contributed by atoms with Crippen LogP contribution in [0.4, 0.5) is 19.0 Å². The molecule has 2 aromatic rings. The van der Waals surface area contributed by atoms with E-state index in [2.05, 4.69) is 20.2 Å². The highest BCUT2D eigenvalue weighted by molar-refractivity contribution is 6.29. The first kappa shape index (κ1) is 18.9. The van der Waals surface area contributed by atoms with Crippen LogP contribution in [-0.4, -0.2) is 54.3 Å². The summed E-state index contributed by atoms with van der Waals surface area (Å²) in [7, 11) is 0. The lowest BCUT2D eigenvalue weighted by molar-refractivity contribution is -0.137. The minimum atomic E-state index is -4.42. The third-order valence-corrected chi connectivity index (χ3v) is 4.17. The Morgan fingerprint density at radius 1 is 1.15 bits per heavy atom. The van der Waals surface area contributed by atoms with Crippen LogP contribution in [-0.2, 0) is 10.9 Å². The number of aromatic nitrogens is 2. The first-order chi connectivity index (χ1) is 12.4. The topological polar surface area (TPSA) is 50.3 Å². The van der Waals surface area contributed by atoms with Crippen molar-refractivity contribution in [2.45, 2.75) is 6.18 Å². The molecular weight excluding hydrogens is 369 g/mol. The lowest BCUT2D eigenvalue weighted by Gasteiger charge is -2.26. The molecule has 1 aromatic heterocycles. The van der Waals surface area contributed by atoms with Gasteiger partial charge in [0.1, 0.15) is 11.0 Å². The van der Waals surface area contributed by atoms with E-state index in [0.29, 0.717) is 12.4 Å². The smallest absolute Gasteiger partial charge is 0.379 e. The molecule has 0 spiro atoms. The number of anilines is 1. The Kier molecular flexibility index (Phi) is 5.95. The van der Waals surface area contributed by atoms with Crippen molar-refractivity contribution in [1.29, 1.82) is 0 Å². The molecule has 1 aliphatic rings. The Hall–Kier alpha value is -1.90. The van der Waals surface area contributed by atoms with E-state index in [1.165, 1.54) is 12.1 Å². The van der Waals surface area contributed by atoms with Gasteiger partial charge in [-0.3, -0.25) is 4.90 Å². The highest BCUT2D eigenvalue weighted by Gasteiger charge is 2.30. The SMILES string of the molecule is FC(F)(F)c1cccc(-c2nc(Cl)cc(NCCN3CCOCC3)n2)c1. The molecule has 0 amide bonds. The van der Waals surface area contributed by atoms with Crippen LogP contribution in [0.25, 0.3) is 11.4 Å². The van der Waals surface area contributed by atoms with Gasteiger partial charge in [-0.15, -0.1) is 0 Å². The maximum atomic E-state index is 12.9. The summed E-state index contributed by atoms with van der Waals surface area (Å²) in [4.78, 5) is 10.6. The quantitative estimate of drug-likeness (QED) is 0.796. The van der Waals surface area contributed by atoms with Crippen molar-refractivity contribution in [3.63, 3.8) is 0 Å². The minimum absolute atomic E-state index is 0.150. The van der Waals surface area contributed by atoms with Gasteiger partial charge in [0, 0.05) is 37.8 Å². The molecule has 140 valence electrons. The molecule has 0 aliphatic carbocycles. The van der Waals surface area contributed by atoms with Gasteiger partial charge in [-0.2, -0.15) is 13.2 Å². The number of benzene rings is 1. The van der Waals surface area contributed by atoms with E-state index in [0.717, 1.165) is 45.0 Å². The number of alkyl halides is 3. The number of rotatable bonds is 5. The van der Waals surface area contributed by atoms with Gasteiger partial charge in [-0.05, 0) is 12.1 Å². The zero-order valence-electron chi connectivity index (χ0n) is 13.9. The van der Waals surface area contributed by atoms with Crippen LogP contribution in [0.2, 0.25) is 5.15 Å². The van der Waals surface area contributed by atoms with Gasteiger partial charge in [0.25, 0.3) is 0 Å². The molecule has 1 saturated heterocycles. The van der Waals surface area contributed by atoms with Gasteiger partial charge in [0.15, 0.2) is 5.82 Å². The van der Waals surface area contributed by atoms with E-state index in [9.17, 15) is 13.2 Å². The number of morpholine rings is 1. The summed E-state index contributed by atoms with van der Waals surface area (Å²) in [6, 6.07) is 6.43. The van der Waals surface area contributed by atoms with Gasteiger partial charge in [-0.1, -0.05) is 23.7 Å². The zero-order valence-corrected chi connectivity index (χ0v) is 14.6. The summed E-state index contributed by atoms with van der Waals surface area (Å²) in [5.41, 5.74) is -0.487. The molecular formula is C17H18ClF3N4O. The summed E-state index contributed by atoms with van der Waals surface area (Å²) in [6.45, 7) is 4.64. The van der Waals surface area contributed by atoms with Crippen molar-refractivity contribution >= 4 is 17.4 Å². The molecule has 2 heterocycles. The molecule has 26 heavy (non-hydrogen) atoms. The Morgan fingerprint density at radius 2 is 1.92 bits per heavy atom. The lowest BCUT2D eigenvalue weighted by atomic mass is 10.1. The molecule has 0 atom stereocenters. The van der Waals surface area contributed by atoms with Crippen LogP contribution in [0.5, 0.6) is 0 Å². The second kappa shape index (κ2) is 8.20. The van der Waals surface area contributed by atoms with Gasteiger partial charge >= 0.3 is 6.18 Å². The number of nitrogens with one attached hydrogen (secondary N) is 1. The standard InChI is InChI=1S/C17H18ClF3N4O/c18-14-11-15(22-4-5-25-6-8-26-9-7-25)24-16(23-14)12-2-1-3-13(10-12)17(19,20)21/h1-3,10-11H,4-9H2,(H,22,23,24). The van der Waals surface area contributed by atoms with Crippen LogP contribution in [0.3, 0.4) is 0 Å². The average Bonchev–Trinajstić information content (AvgIpc) is 2.62. The largest absolute Gasteiger partial charge is 0.416 e. The molecule has 0 unspecified atom stereocenters. The van der Waals surface area contributed by atoms with Gasteiger partial charge in [0.05, 0.1) is 18.8 Å². The fourth-order valence-corrected chi connectivity index (χ4v) is 2.82. The second-order valence-corrected chi connectivity index (χ2v) is 6.25. The molecule has 0 saturated carbocycles. The summed E-state index contributed by atoms with van der Waals surface area (Å²) in [5.74, 6) is 0.628. The summed E-state index contributed by atoms with van der Waals surface area (Å²) in [6.07, 6.45) is -4.42.